The number of benzene rings is 1. The number of aliphatic hydroxyl groups excluding tert-OH is 1. The van der Waals surface area contributed by atoms with Crippen LogP contribution in [0.1, 0.15) is 17.5 Å². The molecule has 0 saturated heterocycles. The van der Waals surface area contributed by atoms with Gasteiger partial charge >= 0.3 is 5.97 Å². The van der Waals surface area contributed by atoms with Crippen LogP contribution < -0.4 is 4.74 Å². The maximum atomic E-state index is 10.5. The van der Waals surface area contributed by atoms with Gasteiger partial charge in [0.1, 0.15) is 5.75 Å². The van der Waals surface area contributed by atoms with Crippen LogP contribution in [0, 0.1) is 6.92 Å². The number of rotatable bonds is 7. The smallest absolute Gasteiger partial charge is 0.306 e. The van der Waals surface area contributed by atoms with Gasteiger partial charge in [-0.15, -0.1) is 0 Å². The molecule has 1 atom stereocenters. The lowest BCUT2D eigenvalue weighted by atomic mass is 10.1. The molecular weight excluding hydrogens is 246 g/mol. The summed E-state index contributed by atoms with van der Waals surface area (Å²) in [5, 5.41) is 18.2. The number of nitrogens with zero attached hydrogens (tertiary/aromatic N) is 1. The van der Waals surface area contributed by atoms with Crippen molar-refractivity contribution in [3.63, 3.8) is 0 Å². The van der Waals surface area contributed by atoms with Crippen LogP contribution >= 0.6 is 0 Å². The second kappa shape index (κ2) is 7.11. The number of aryl methyl sites for hydroxylation is 1. The summed E-state index contributed by atoms with van der Waals surface area (Å²) in [6, 6.07) is 5.91. The summed E-state index contributed by atoms with van der Waals surface area (Å²) in [5.74, 6) is -0.195. The molecule has 106 valence electrons. The highest BCUT2D eigenvalue weighted by molar-refractivity contribution is 5.67. The van der Waals surface area contributed by atoms with E-state index in [1.807, 2.05) is 37.1 Å². The Kier molecular flexibility index (Phi) is 5.79. The van der Waals surface area contributed by atoms with Gasteiger partial charge in [0, 0.05) is 18.7 Å². The Labute approximate surface area is 113 Å². The summed E-state index contributed by atoms with van der Waals surface area (Å²) in [4.78, 5) is 12.4. The Morgan fingerprint density at radius 1 is 1.47 bits per heavy atom. The Morgan fingerprint density at radius 2 is 2.16 bits per heavy atom. The van der Waals surface area contributed by atoms with E-state index in [0.717, 1.165) is 16.9 Å². The number of aliphatic hydroxyl groups is 1. The number of methoxy groups -OCH3 is 1. The molecule has 0 radical (unpaired) electrons. The van der Waals surface area contributed by atoms with E-state index < -0.39 is 12.1 Å². The number of carboxylic acid groups (broad SMARTS) is 1. The normalized spacial score (nSPS) is 12.5. The first-order chi connectivity index (χ1) is 8.92. The van der Waals surface area contributed by atoms with Crippen molar-refractivity contribution in [2.75, 3.05) is 20.7 Å². The van der Waals surface area contributed by atoms with Gasteiger partial charge in [0.2, 0.25) is 0 Å². The average Bonchev–Trinajstić information content (AvgIpc) is 2.27. The van der Waals surface area contributed by atoms with Crippen LogP contribution in [0.25, 0.3) is 0 Å². The first kappa shape index (κ1) is 15.5. The zero-order chi connectivity index (χ0) is 14.4. The largest absolute Gasteiger partial charge is 0.496 e. The minimum Gasteiger partial charge on any atom is -0.496 e. The van der Waals surface area contributed by atoms with Gasteiger partial charge < -0.3 is 14.9 Å². The second-order valence-corrected chi connectivity index (χ2v) is 4.76. The molecule has 1 aromatic carbocycles. The Balaban J connectivity index is 2.63. The minimum absolute atomic E-state index is 0.241. The molecule has 0 aromatic heterocycles. The predicted molar refractivity (Wildman–Crippen MR) is 72.3 cm³/mol. The number of likely N-dealkylation sites (N-methyl/N-ethyl adjacent to an activating group) is 1. The standard InChI is InChI=1S/C14H21NO4/c1-10-4-5-13(19-3)11(6-10)8-15(2)9-12(16)7-14(17)18/h4-6,12,16H,7-9H2,1-3H3,(H,17,18). The lowest BCUT2D eigenvalue weighted by molar-refractivity contribution is -0.139. The van der Waals surface area contributed by atoms with E-state index in [9.17, 15) is 9.90 Å². The van der Waals surface area contributed by atoms with Gasteiger partial charge in [-0.25, -0.2) is 0 Å². The van der Waals surface area contributed by atoms with E-state index in [1.165, 1.54) is 0 Å². The van der Waals surface area contributed by atoms with Crippen LogP contribution in [-0.4, -0.2) is 47.9 Å². The van der Waals surface area contributed by atoms with Crippen molar-refractivity contribution in [1.82, 2.24) is 4.90 Å². The second-order valence-electron chi connectivity index (χ2n) is 4.76. The monoisotopic (exact) mass is 267 g/mol. The average molecular weight is 267 g/mol. The Hall–Kier alpha value is -1.59. The first-order valence-corrected chi connectivity index (χ1v) is 6.14. The summed E-state index contributed by atoms with van der Waals surface area (Å²) in [5.41, 5.74) is 2.16. The van der Waals surface area contributed by atoms with Crippen LogP contribution in [0.15, 0.2) is 18.2 Å². The van der Waals surface area contributed by atoms with Crippen molar-refractivity contribution in [3.8, 4) is 5.75 Å². The van der Waals surface area contributed by atoms with E-state index in [1.54, 1.807) is 7.11 Å². The third kappa shape index (κ3) is 5.28. The lowest BCUT2D eigenvalue weighted by Gasteiger charge is -2.21. The highest BCUT2D eigenvalue weighted by Gasteiger charge is 2.13. The molecule has 0 aliphatic heterocycles. The lowest BCUT2D eigenvalue weighted by Crippen LogP contribution is -2.30. The molecule has 1 rings (SSSR count). The number of hydrogen-bond donors (Lipinski definition) is 2. The third-order valence-corrected chi connectivity index (χ3v) is 2.81. The molecule has 5 heteroatoms. The van der Waals surface area contributed by atoms with Crippen molar-refractivity contribution in [1.29, 1.82) is 0 Å². The van der Waals surface area contributed by atoms with Gasteiger partial charge in [-0.05, 0) is 20.0 Å². The minimum atomic E-state index is -0.992. The summed E-state index contributed by atoms with van der Waals surface area (Å²) < 4.78 is 5.29. The molecule has 0 fully saturated rings. The molecule has 19 heavy (non-hydrogen) atoms. The number of ether oxygens (including phenoxy) is 1. The fourth-order valence-electron chi connectivity index (χ4n) is 2.01. The highest BCUT2D eigenvalue weighted by atomic mass is 16.5. The van der Waals surface area contributed by atoms with Crippen molar-refractivity contribution in [2.24, 2.45) is 0 Å². The van der Waals surface area contributed by atoms with Gasteiger partial charge in [-0.3, -0.25) is 9.69 Å². The van der Waals surface area contributed by atoms with Gasteiger partial charge in [0.15, 0.2) is 0 Å². The molecule has 0 amide bonds. The van der Waals surface area contributed by atoms with E-state index in [-0.39, 0.29) is 6.42 Å². The van der Waals surface area contributed by atoms with Crippen molar-refractivity contribution >= 4 is 5.97 Å². The fraction of sp³-hybridized carbons (Fsp3) is 0.500. The van der Waals surface area contributed by atoms with Crippen LogP contribution in [0.5, 0.6) is 5.75 Å². The summed E-state index contributed by atoms with van der Waals surface area (Å²) >= 11 is 0. The van der Waals surface area contributed by atoms with E-state index >= 15 is 0 Å². The maximum absolute atomic E-state index is 10.5. The maximum Gasteiger partial charge on any atom is 0.306 e. The van der Waals surface area contributed by atoms with Crippen molar-refractivity contribution < 1.29 is 19.7 Å². The Bertz CT molecular complexity index is 433. The molecule has 1 unspecified atom stereocenters. The molecular formula is C14H21NO4. The summed E-state index contributed by atoms with van der Waals surface area (Å²) in [7, 11) is 3.46. The van der Waals surface area contributed by atoms with Crippen LogP contribution in [-0.2, 0) is 11.3 Å². The SMILES string of the molecule is COc1ccc(C)cc1CN(C)CC(O)CC(=O)O. The van der Waals surface area contributed by atoms with Gasteiger partial charge in [-0.1, -0.05) is 17.7 Å². The molecule has 0 bridgehead atoms. The van der Waals surface area contributed by atoms with Gasteiger partial charge in [0.05, 0.1) is 19.6 Å². The molecule has 0 aliphatic carbocycles. The van der Waals surface area contributed by atoms with Crippen molar-refractivity contribution in [3.05, 3.63) is 29.3 Å². The quantitative estimate of drug-likeness (QED) is 0.778. The molecule has 0 saturated carbocycles. The zero-order valence-electron chi connectivity index (χ0n) is 11.6. The van der Waals surface area contributed by atoms with Crippen LogP contribution in [0.3, 0.4) is 0 Å². The molecule has 0 aliphatic rings. The third-order valence-electron chi connectivity index (χ3n) is 2.81. The summed E-state index contributed by atoms with van der Waals surface area (Å²) in [6.45, 7) is 2.91. The molecule has 5 nitrogen and oxygen atoms in total. The van der Waals surface area contributed by atoms with Crippen LogP contribution in [0.4, 0.5) is 0 Å². The first-order valence-electron chi connectivity index (χ1n) is 6.14. The molecule has 1 aromatic rings. The van der Waals surface area contributed by atoms with E-state index in [2.05, 4.69) is 0 Å². The number of carboxylic acids is 1. The number of aliphatic carboxylic acids is 1. The molecule has 2 N–H and O–H groups in total. The van der Waals surface area contributed by atoms with Crippen molar-refractivity contribution in [2.45, 2.75) is 26.0 Å². The Morgan fingerprint density at radius 3 is 2.74 bits per heavy atom. The molecule has 0 heterocycles. The van der Waals surface area contributed by atoms with Gasteiger partial charge in [-0.2, -0.15) is 0 Å². The summed E-state index contributed by atoms with van der Waals surface area (Å²) in [6.07, 6.45) is -1.10. The van der Waals surface area contributed by atoms with Gasteiger partial charge in [0.25, 0.3) is 0 Å². The van der Waals surface area contributed by atoms with E-state index in [0.29, 0.717) is 13.1 Å². The number of carbonyl (C=O) groups is 1. The zero-order valence-corrected chi connectivity index (χ0v) is 11.6. The van der Waals surface area contributed by atoms with E-state index in [4.69, 9.17) is 9.84 Å². The predicted octanol–water partition coefficient (Wildman–Crippen LogP) is 1.27. The topological polar surface area (TPSA) is 70.0 Å². The number of hydrogen-bond acceptors (Lipinski definition) is 4. The highest BCUT2D eigenvalue weighted by Crippen LogP contribution is 2.21. The molecule has 0 spiro atoms. The van der Waals surface area contributed by atoms with Crippen LogP contribution in [0.2, 0.25) is 0 Å². The fourth-order valence-corrected chi connectivity index (χ4v) is 2.01.